The van der Waals surface area contributed by atoms with E-state index in [1.807, 2.05) is 24.3 Å². The zero-order valence-corrected chi connectivity index (χ0v) is 11.6. The summed E-state index contributed by atoms with van der Waals surface area (Å²) in [7, 11) is 0. The largest absolute Gasteiger partial charge is 0.319 e. The van der Waals surface area contributed by atoms with Crippen LogP contribution in [-0.2, 0) is 0 Å². The van der Waals surface area contributed by atoms with Crippen LogP contribution in [0.3, 0.4) is 0 Å². The fraction of sp³-hybridized carbons (Fsp3) is 0.250. The van der Waals surface area contributed by atoms with Crippen molar-refractivity contribution in [1.82, 2.24) is 15.2 Å². The van der Waals surface area contributed by atoms with Gasteiger partial charge in [0.1, 0.15) is 5.82 Å². The van der Waals surface area contributed by atoms with Gasteiger partial charge in [0, 0.05) is 15.2 Å². The van der Waals surface area contributed by atoms with Gasteiger partial charge in [-0.2, -0.15) is 0 Å². The predicted octanol–water partition coefficient (Wildman–Crippen LogP) is 2.54. The molecule has 0 radical (unpaired) electrons. The van der Waals surface area contributed by atoms with Crippen molar-refractivity contribution in [3.63, 3.8) is 0 Å². The number of aromatic nitrogens is 3. The number of aromatic amines is 1. The Labute approximate surface area is 118 Å². The van der Waals surface area contributed by atoms with E-state index in [2.05, 4.69) is 43.1 Å². The minimum Gasteiger partial charge on any atom is -0.319 e. The molecule has 0 aliphatic heterocycles. The molecule has 18 heavy (non-hydrogen) atoms. The number of carbonyl (C=O) groups excluding carboxylic acids is 1. The van der Waals surface area contributed by atoms with Crippen LogP contribution in [0.5, 0.6) is 0 Å². The van der Waals surface area contributed by atoms with Gasteiger partial charge in [0.05, 0.1) is 0 Å². The first-order chi connectivity index (χ1) is 8.72. The van der Waals surface area contributed by atoms with Crippen molar-refractivity contribution in [1.29, 1.82) is 0 Å². The molecule has 1 fully saturated rings. The van der Waals surface area contributed by atoms with Crippen LogP contribution >= 0.6 is 22.6 Å². The molecule has 1 aliphatic carbocycles. The average Bonchev–Trinajstić information content (AvgIpc) is 3.10. The summed E-state index contributed by atoms with van der Waals surface area (Å²) in [5.74, 6) is 1.22. The maximum atomic E-state index is 11.9. The molecule has 6 heteroatoms. The van der Waals surface area contributed by atoms with E-state index in [-0.39, 0.29) is 11.7 Å². The third-order valence-corrected chi connectivity index (χ3v) is 3.49. The lowest BCUT2D eigenvalue weighted by Gasteiger charge is -2.01. The van der Waals surface area contributed by atoms with Gasteiger partial charge in [0.25, 0.3) is 5.91 Å². The number of carbonyl (C=O) groups is 1. The van der Waals surface area contributed by atoms with Gasteiger partial charge in [-0.3, -0.25) is 9.89 Å². The van der Waals surface area contributed by atoms with Crippen molar-refractivity contribution in [2.75, 3.05) is 5.32 Å². The SMILES string of the molecule is O=C(Nc1ccc(I)cc1)c1n[nH]c(C2CC2)n1. The number of benzene rings is 1. The van der Waals surface area contributed by atoms with Gasteiger partial charge in [-0.25, -0.2) is 4.98 Å². The molecule has 1 aromatic carbocycles. The molecule has 0 spiro atoms. The van der Waals surface area contributed by atoms with E-state index in [1.165, 1.54) is 0 Å². The second kappa shape index (κ2) is 4.68. The Kier molecular flexibility index (Phi) is 3.02. The van der Waals surface area contributed by atoms with E-state index in [1.54, 1.807) is 0 Å². The highest BCUT2D eigenvalue weighted by molar-refractivity contribution is 14.1. The lowest BCUT2D eigenvalue weighted by molar-refractivity contribution is 0.101. The Morgan fingerprint density at radius 1 is 1.33 bits per heavy atom. The van der Waals surface area contributed by atoms with Gasteiger partial charge in [0.15, 0.2) is 0 Å². The molecule has 0 unspecified atom stereocenters. The average molecular weight is 354 g/mol. The van der Waals surface area contributed by atoms with E-state index in [0.717, 1.165) is 27.9 Å². The Balaban J connectivity index is 1.71. The highest BCUT2D eigenvalue weighted by Gasteiger charge is 2.28. The van der Waals surface area contributed by atoms with Crippen molar-refractivity contribution in [3.8, 4) is 0 Å². The van der Waals surface area contributed by atoms with Gasteiger partial charge < -0.3 is 5.32 Å². The molecule has 1 amide bonds. The zero-order valence-electron chi connectivity index (χ0n) is 9.48. The molecule has 0 atom stereocenters. The molecule has 92 valence electrons. The normalized spacial score (nSPS) is 14.5. The fourth-order valence-corrected chi connectivity index (χ4v) is 2.00. The van der Waals surface area contributed by atoms with Crippen LogP contribution in [0.1, 0.15) is 35.2 Å². The Morgan fingerprint density at radius 3 is 2.72 bits per heavy atom. The summed E-state index contributed by atoms with van der Waals surface area (Å²) in [6.45, 7) is 0. The monoisotopic (exact) mass is 354 g/mol. The van der Waals surface area contributed by atoms with Gasteiger partial charge in [-0.05, 0) is 59.7 Å². The summed E-state index contributed by atoms with van der Waals surface area (Å²) in [6, 6.07) is 7.58. The smallest absolute Gasteiger partial charge is 0.295 e. The first-order valence-corrected chi connectivity index (χ1v) is 6.79. The minimum absolute atomic E-state index is 0.204. The number of nitrogens with one attached hydrogen (secondary N) is 2. The molecular weight excluding hydrogens is 343 g/mol. The van der Waals surface area contributed by atoms with Crippen molar-refractivity contribution < 1.29 is 4.79 Å². The lowest BCUT2D eigenvalue weighted by atomic mass is 10.3. The van der Waals surface area contributed by atoms with E-state index >= 15 is 0 Å². The maximum absolute atomic E-state index is 11.9. The number of nitrogens with zero attached hydrogens (tertiary/aromatic N) is 2. The summed E-state index contributed by atoms with van der Waals surface area (Å²) in [4.78, 5) is 16.1. The van der Waals surface area contributed by atoms with Gasteiger partial charge in [-0.1, -0.05) is 0 Å². The number of amides is 1. The van der Waals surface area contributed by atoms with Crippen LogP contribution in [0.2, 0.25) is 0 Å². The molecular formula is C12H11IN4O. The molecule has 0 bridgehead atoms. The molecule has 2 aromatic rings. The summed E-state index contributed by atoms with van der Waals surface area (Å²) in [5.41, 5.74) is 0.748. The number of rotatable bonds is 3. The quantitative estimate of drug-likeness (QED) is 0.833. The Hall–Kier alpha value is -1.44. The molecule has 3 rings (SSSR count). The van der Waals surface area contributed by atoms with Crippen LogP contribution in [0.15, 0.2) is 24.3 Å². The second-order valence-corrected chi connectivity index (χ2v) is 5.53. The molecule has 5 nitrogen and oxygen atoms in total. The first kappa shape index (κ1) is 11.6. The Morgan fingerprint density at radius 2 is 2.06 bits per heavy atom. The van der Waals surface area contributed by atoms with Gasteiger partial charge in [-0.15, -0.1) is 5.10 Å². The molecule has 1 saturated carbocycles. The van der Waals surface area contributed by atoms with Crippen LogP contribution in [0.25, 0.3) is 0 Å². The summed E-state index contributed by atoms with van der Waals surface area (Å²) >= 11 is 2.22. The third kappa shape index (κ3) is 2.53. The van der Waals surface area contributed by atoms with Crippen molar-refractivity contribution in [3.05, 3.63) is 39.5 Å². The Bertz CT molecular complexity index is 574. The van der Waals surface area contributed by atoms with E-state index in [9.17, 15) is 4.79 Å². The number of anilines is 1. The summed E-state index contributed by atoms with van der Waals surface area (Å²) < 4.78 is 1.12. The van der Waals surface area contributed by atoms with E-state index in [4.69, 9.17) is 0 Å². The highest BCUT2D eigenvalue weighted by atomic mass is 127. The highest BCUT2D eigenvalue weighted by Crippen LogP contribution is 2.37. The van der Waals surface area contributed by atoms with Gasteiger partial charge in [0.2, 0.25) is 5.82 Å². The number of H-pyrrole nitrogens is 1. The van der Waals surface area contributed by atoms with E-state index < -0.39 is 0 Å². The zero-order chi connectivity index (χ0) is 12.5. The van der Waals surface area contributed by atoms with Crippen LogP contribution < -0.4 is 5.32 Å². The molecule has 2 N–H and O–H groups in total. The lowest BCUT2D eigenvalue weighted by Crippen LogP contribution is -2.13. The molecule has 1 aliphatic rings. The number of hydrogen-bond acceptors (Lipinski definition) is 3. The summed E-state index contributed by atoms with van der Waals surface area (Å²) in [6.07, 6.45) is 2.26. The molecule has 0 saturated heterocycles. The second-order valence-electron chi connectivity index (χ2n) is 4.28. The van der Waals surface area contributed by atoms with Crippen LogP contribution in [-0.4, -0.2) is 21.1 Å². The molecule has 1 aromatic heterocycles. The first-order valence-electron chi connectivity index (χ1n) is 5.71. The van der Waals surface area contributed by atoms with Crippen molar-refractivity contribution in [2.24, 2.45) is 0 Å². The van der Waals surface area contributed by atoms with Crippen molar-refractivity contribution in [2.45, 2.75) is 18.8 Å². The third-order valence-electron chi connectivity index (χ3n) is 2.77. The standard InChI is InChI=1S/C12H11IN4O/c13-8-3-5-9(6-4-8)14-12(18)11-15-10(16-17-11)7-1-2-7/h3-7H,1-2H2,(H,14,18)(H,15,16,17). The molecule has 1 heterocycles. The van der Waals surface area contributed by atoms with Crippen LogP contribution in [0, 0.1) is 3.57 Å². The van der Waals surface area contributed by atoms with Gasteiger partial charge >= 0.3 is 0 Å². The van der Waals surface area contributed by atoms with Crippen LogP contribution in [0.4, 0.5) is 5.69 Å². The topological polar surface area (TPSA) is 70.7 Å². The fourth-order valence-electron chi connectivity index (χ4n) is 1.64. The number of hydrogen-bond donors (Lipinski definition) is 2. The van der Waals surface area contributed by atoms with Crippen molar-refractivity contribution >= 4 is 34.2 Å². The maximum Gasteiger partial charge on any atom is 0.295 e. The minimum atomic E-state index is -0.278. The predicted molar refractivity (Wildman–Crippen MR) is 75.5 cm³/mol. The number of halogens is 1. The summed E-state index contributed by atoms with van der Waals surface area (Å²) in [5, 5.41) is 9.53. The van der Waals surface area contributed by atoms with E-state index in [0.29, 0.717) is 5.92 Å².